The second-order valence-corrected chi connectivity index (χ2v) is 11.8. The molecule has 3 heterocycles. The van der Waals surface area contributed by atoms with Crippen molar-refractivity contribution in [1.29, 1.82) is 0 Å². The summed E-state index contributed by atoms with van der Waals surface area (Å²) >= 11 is 0. The minimum Gasteiger partial charge on any atom is -0.348 e. The van der Waals surface area contributed by atoms with Gasteiger partial charge in [-0.2, -0.15) is 4.98 Å². The van der Waals surface area contributed by atoms with Gasteiger partial charge in [-0.3, -0.25) is 9.78 Å². The summed E-state index contributed by atoms with van der Waals surface area (Å²) in [6, 6.07) is 18.9. The maximum Gasteiger partial charge on any atom is 0.229 e. The van der Waals surface area contributed by atoms with Crippen molar-refractivity contribution < 1.29 is 13.4 Å². The Morgan fingerprint density at radius 1 is 1.02 bits per heavy atom. The lowest BCUT2D eigenvalue weighted by atomic mass is 9.75. The molecule has 2 atom stereocenters. The number of pyridine rings is 1. The number of carbonyl (C=O) groups excluding carboxylic acids is 1. The number of anilines is 4. The third-order valence-corrected chi connectivity index (χ3v) is 8.44. The Labute approximate surface area is 241 Å². The molecule has 41 heavy (non-hydrogen) atoms. The highest BCUT2D eigenvalue weighted by molar-refractivity contribution is 7.82. The van der Waals surface area contributed by atoms with Crippen LogP contribution >= 0.6 is 0 Å². The monoisotopic (exact) mass is 573 g/mol. The molecule has 0 saturated carbocycles. The fraction of sp³-hybridized carbons (Fsp3) is 0.267. The van der Waals surface area contributed by atoms with Gasteiger partial charge in [-0.25, -0.2) is 17.9 Å². The molecule has 0 aliphatic carbocycles. The minimum absolute atomic E-state index is 0.0405. The summed E-state index contributed by atoms with van der Waals surface area (Å²) in [7, 11) is 2.11. The van der Waals surface area contributed by atoms with Gasteiger partial charge >= 0.3 is 0 Å². The fourth-order valence-electron chi connectivity index (χ4n) is 5.10. The van der Waals surface area contributed by atoms with E-state index in [1.165, 1.54) is 12.1 Å². The van der Waals surface area contributed by atoms with Crippen LogP contribution in [0.2, 0.25) is 0 Å². The van der Waals surface area contributed by atoms with Crippen LogP contribution in [0, 0.1) is 11.2 Å². The van der Waals surface area contributed by atoms with Crippen LogP contribution in [0.1, 0.15) is 18.4 Å². The molecule has 1 amide bonds. The molecule has 1 aliphatic heterocycles. The Kier molecular flexibility index (Phi) is 8.65. The topological polar surface area (TPSA) is 103 Å². The number of nitrogens with zero attached hydrogens (tertiary/aromatic N) is 5. The number of piperidine rings is 1. The third kappa shape index (κ3) is 6.93. The normalized spacial score (nSPS) is 17.9. The van der Waals surface area contributed by atoms with Gasteiger partial charge in [0, 0.05) is 57.2 Å². The first-order valence-electron chi connectivity index (χ1n) is 13.3. The molecule has 9 nitrogen and oxygen atoms in total. The Hall–Kier alpha value is -4.22. The lowest BCUT2D eigenvalue weighted by molar-refractivity contribution is -0.141. The summed E-state index contributed by atoms with van der Waals surface area (Å²) in [6.07, 6.45) is 7.18. The van der Waals surface area contributed by atoms with E-state index in [2.05, 4.69) is 25.6 Å². The van der Waals surface area contributed by atoms with Crippen molar-refractivity contribution in [3.8, 4) is 0 Å². The van der Waals surface area contributed by atoms with E-state index < -0.39 is 16.4 Å². The number of aromatic nitrogens is 3. The van der Waals surface area contributed by atoms with Crippen LogP contribution in [0.15, 0.2) is 90.2 Å². The molecule has 1 aliphatic rings. The van der Waals surface area contributed by atoms with Crippen LogP contribution in [0.3, 0.4) is 0 Å². The molecule has 1 fully saturated rings. The lowest BCUT2D eigenvalue weighted by Gasteiger charge is -2.42. The van der Waals surface area contributed by atoms with E-state index in [9.17, 15) is 13.4 Å². The Morgan fingerprint density at radius 2 is 1.76 bits per heavy atom. The van der Waals surface area contributed by atoms with Gasteiger partial charge in [0.05, 0.1) is 10.3 Å². The Balaban J connectivity index is 1.27. The average molecular weight is 574 g/mol. The van der Waals surface area contributed by atoms with Crippen LogP contribution in [0.4, 0.5) is 27.5 Å². The van der Waals surface area contributed by atoms with E-state index in [1.54, 1.807) is 55.8 Å². The van der Waals surface area contributed by atoms with Crippen molar-refractivity contribution in [3.05, 3.63) is 96.7 Å². The van der Waals surface area contributed by atoms with E-state index in [1.807, 2.05) is 40.7 Å². The molecule has 212 valence electrons. The maximum atomic E-state index is 13.7. The number of hydrogen-bond donors (Lipinski definition) is 2. The second-order valence-electron chi connectivity index (χ2n) is 10.3. The van der Waals surface area contributed by atoms with Crippen LogP contribution in [-0.4, -0.2) is 61.5 Å². The molecule has 0 bridgehead atoms. The van der Waals surface area contributed by atoms with Crippen LogP contribution in [-0.2, 0) is 22.2 Å². The predicted molar refractivity (Wildman–Crippen MR) is 158 cm³/mol. The van der Waals surface area contributed by atoms with Crippen molar-refractivity contribution in [1.82, 2.24) is 24.2 Å². The number of amides is 1. The molecule has 11 heteroatoms. The molecule has 2 aromatic carbocycles. The van der Waals surface area contributed by atoms with Gasteiger partial charge in [0.25, 0.3) is 0 Å². The molecule has 0 radical (unpaired) electrons. The SMILES string of the molecule is CN(C)C(=O)C1(Cc2cccnc2)CCCN(S(=O)c2ccc(Nc3nccc(Nc4ccc(F)cc4)n3)cc2)C1. The van der Waals surface area contributed by atoms with E-state index in [0.29, 0.717) is 41.9 Å². The molecule has 1 saturated heterocycles. The van der Waals surface area contributed by atoms with Gasteiger partial charge in [-0.15, -0.1) is 0 Å². The summed E-state index contributed by atoms with van der Waals surface area (Å²) in [6.45, 7) is 1.04. The first-order chi connectivity index (χ1) is 19.8. The highest BCUT2D eigenvalue weighted by Crippen LogP contribution is 2.37. The van der Waals surface area contributed by atoms with E-state index >= 15 is 0 Å². The third-order valence-electron chi connectivity index (χ3n) is 6.99. The smallest absolute Gasteiger partial charge is 0.229 e. The predicted octanol–water partition coefficient (Wildman–Crippen LogP) is 4.93. The molecule has 2 aromatic heterocycles. The largest absolute Gasteiger partial charge is 0.348 e. The minimum atomic E-state index is -1.44. The Bertz CT molecular complexity index is 1500. The standard InChI is InChI=1S/C30H32FN7O2S/c1-37(2)28(39)30(19-22-5-3-16-32-20-22)15-4-18-38(21-30)41(40)26-12-10-25(11-13-26)35-29-33-17-14-27(36-29)34-24-8-6-23(31)7-9-24/h3,5-14,16-17,20H,4,15,18-19,21H2,1-2H3,(H2,33,34,35,36). The summed E-state index contributed by atoms with van der Waals surface area (Å²) in [4.78, 5) is 28.7. The second kappa shape index (κ2) is 12.5. The molecular weight excluding hydrogens is 541 g/mol. The van der Waals surface area contributed by atoms with Gasteiger partial charge in [-0.1, -0.05) is 6.07 Å². The average Bonchev–Trinajstić information content (AvgIpc) is 2.99. The molecule has 4 aromatic rings. The summed E-state index contributed by atoms with van der Waals surface area (Å²) in [5.74, 6) is 0.665. The molecule has 0 spiro atoms. The number of rotatable bonds is 9. The van der Waals surface area contributed by atoms with Gasteiger partial charge in [0.1, 0.15) is 22.6 Å². The molecule has 2 unspecified atom stereocenters. The fourth-order valence-corrected chi connectivity index (χ4v) is 6.42. The van der Waals surface area contributed by atoms with Crippen molar-refractivity contribution in [2.24, 2.45) is 5.41 Å². The zero-order chi connectivity index (χ0) is 28.8. The zero-order valence-electron chi connectivity index (χ0n) is 23.0. The van der Waals surface area contributed by atoms with E-state index in [-0.39, 0.29) is 11.7 Å². The summed E-state index contributed by atoms with van der Waals surface area (Å²) in [5.41, 5.74) is 1.76. The molecular formula is C30H32FN7O2S. The number of benzene rings is 2. The van der Waals surface area contributed by atoms with E-state index in [4.69, 9.17) is 0 Å². The number of hydrogen-bond acceptors (Lipinski definition) is 7. The van der Waals surface area contributed by atoms with Crippen molar-refractivity contribution >= 4 is 40.0 Å². The van der Waals surface area contributed by atoms with Gasteiger partial charge in [0.15, 0.2) is 0 Å². The maximum absolute atomic E-state index is 13.7. The van der Waals surface area contributed by atoms with Gasteiger partial charge in [-0.05, 0) is 85.5 Å². The van der Waals surface area contributed by atoms with Crippen molar-refractivity contribution in [2.75, 3.05) is 37.8 Å². The quantitative estimate of drug-likeness (QED) is 0.293. The van der Waals surface area contributed by atoms with Crippen molar-refractivity contribution in [3.63, 3.8) is 0 Å². The highest BCUT2D eigenvalue weighted by atomic mass is 32.2. The zero-order valence-corrected chi connectivity index (χ0v) is 23.8. The van der Waals surface area contributed by atoms with Crippen LogP contribution in [0.5, 0.6) is 0 Å². The number of carbonyl (C=O) groups is 1. The molecule has 5 rings (SSSR count). The number of nitrogens with one attached hydrogen (secondary N) is 2. The highest BCUT2D eigenvalue weighted by Gasteiger charge is 2.44. The Morgan fingerprint density at radius 3 is 2.46 bits per heavy atom. The summed E-state index contributed by atoms with van der Waals surface area (Å²) in [5, 5.41) is 6.28. The number of halogens is 1. The van der Waals surface area contributed by atoms with Crippen LogP contribution < -0.4 is 10.6 Å². The van der Waals surface area contributed by atoms with Gasteiger partial charge in [0.2, 0.25) is 11.9 Å². The molecule has 2 N–H and O–H groups in total. The van der Waals surface area contributed by atoms with Crippen molar-refractivity contribution in [2.45, 2.75) is 24.2 Å². The first-order valence-corrected chi connectivity index (χ1v) is 14.4. The van der Waals surface area contributed by atoms with Gasteiger partial charge < -0.3 is 15.5 Å². The summed E-state index contributed by atoms with van der Waals surface area (Å²) < 4.78 is 28.8. The van der Waals surface area contributed by atoms with Crippen LogP contribution in [0.25, 0.3) is 0 Å². The van der Waals surface area contributed by atoms with E-state index in [0.717, 1.165) is 24.1 Å². The first kappa shape index (κ1) is 28.3. The lowest BCUT2D eigenvalue weighted by Crippen LogP contribution is -2.53.